The molecule has 1 N–H and O–H groups in total. The number of benzene rings is 1. The summed E-state index contributed by atoms with van der Waals surface area (Å²) in [5.41, 5.74) is 0.0846. The highest BCUT2D eigenvalue weighted by atomic mass is 35.5. The van der Waals surface area contributed by atoms with Crippen LogP contribution >= 0.6 is 11.6 Å². The van der Waals surface area contributed by atoms with E-state index in [1.165, 1.54) is 12.1 Å². The zero-order valence-electron chi connectivity index (χ0n) is 10.2. The van der Waals surface area contributed by atoms with Crippen molar-refractivity contribution in [2.45, 2.75) is 6.54 Å². The molecule has 0 saturated carbocycles. The van der Waals surface area contributed by atoms with Crippen LogP contribution in [0.25, 0.3) is 11.3 Å². The van der Waals surface area contributed by atoms with Crippen LogP contribution in [0.1, 0.15) is 10.4 Å². The van der Waals surface area contributed by atoms with E-state index in [-0.39, 0.29) is 12.1 Å². The predicted octanol–water partition coefficient (Wildman–Crippen LogP) is 2.39. The molecule has 1 aromatic heterocycles. The summed E-state index contributed by atoms with van der Waals surface area (Å²) in [5.74, 6) is -1.32. The van der Waals surface area contributed by atoms with E-state index in [0.29, 0.717) is 16.3 Å². The molecule has 0 aliphatic rings. The number of carboxylic acid groups (broad SMARTS) is 1. The highest BCUT2D eigenvalue weighted by molar-refractivity contribution is 6.30. The maximum absolute atomic E-state index is 12.1. The van der Waals surface area contributed by atoms with Crippen molar-refractivity contribution in [1.82, 2.24) is 4.57 Å². The van der Waals surface area contributed by atoms with Gasteiger partial charge in [-0.3, -0.25) is 9.36 Å². The Morgan fingerprint density at radius 3 is 2.45 bits per heavy atom. The van der Waals surface area contributed by atoms with Gasteiger partial charge in [0, 0.05) is 5.02 Å². The number of aromatic carboxylic acids is 1. The molecule has 0 fully saturated rings. The third-order valence-corrected chi connectivity index (χ3v) is 3.03. The first kappa shape index (κ1) is 13.8. The Morgan fingerprint density at radius 1 is 1.25 bits per heavy atom. The van der Waals surface area contributed by atoms with Gasteiger partial charge in [-0.2, -0.15) is 5.26 Å². The average Bonchev–Trinajstić information content (AvgIpc) is 2.42. The minimum atomic E-state index is -1.32. The van der Waals surface area contributed by atoms with E-state index < -0.39 is 11.5 Å². The summed E-state index contributed by atoms with van der Waals surface area (Å²) >= 11 is 5.80. The standard InChI is InChI=1S/C14H9ClN2O3/c15-10-3-1-9(2-4-10)12-6-5-11(14(19)20)13(18)17(12)8-7-16/h1-6H,8H2,(H,19,20). The van der Waals surface area contributed by atoms with Crippen LogP contribution in [-0.4, -0.2) is 15.6 Å². The van der Waals surface area contributed by atoms with Gasteiger partial charge in [0.1, 0.15) is 12.1 Å². The number of nitriles is 1. The normalized spacial score (nSPS) is 10.0. The second kappa shape index (κ2) is 5.59. The van der Waals surface area contributed by atoms with Crippen molar-refractivity contribution in [2.24, 2.45) is 0 Å². The summed E-state index contributed by atoms with van der Waals surface area (Å²) in [6.45, 7) is -0.224. The molecule has 0 bridgehead atoms. The summed E-state index contributed by atoms with van der Waals surface area (Å²) in [7, 11) is 0. The average molecular weight is 289 g/mol. The highest BCUT2D eigenvalue weighted by Crippen LogP contribution is 2.20. The lowest BCUT2D eigenvalue weighted by Crippen LogP contribution is -2.27. The van der Waals surface area contributed by atoms with Crippen molar-refractivity contribution < 1.29 is 9.90 Å². The number of nitrogens with zero attached hydrogens (tertiary/aromatic N) is 2. The van der Waals surface area contributed by atoms with Gasteiger partial charge in [-0.15, -0.1) is 0 Å². The molecular weight excluding hydrogens is 280 g/mol. The number of hydrogen-bond donors (Lipinski definition) is 1. The summed E-state index contributed by atoms with van der Waals surface area (Å²) in [6.07, 6.45) is 0. The van der Waals surface area contributed by atoms with Crippen molar-refractivity contribution in [3.63, 3.8) is 0 Å². The second-order valence-corrected chi connectivity index (χ2v) is 4.43. The first-order valence-electron chi connectivity index (χ1n) is 5.64. The fraction of sp³-hybridized carbons (Fsp3) is 0.0714. The number of carboxylic acids is 1. The van der Waals surface area contributed by atoms with Gasteiger partial charge in [-0.1, -0.05) is 23.7 Å². The van der Waals surface area contributed by atoms with E-state index >= 15 is 0 Å². The minimum Gasteiger partial charge on any atom is -0.477 e. The predicted molar refractivity (Wildman–Crippen MR) is 73.7 cm³/mol. The Hall–Kier alpha value is -2.58. The number of aromatic nitrogens is 1. The molecule has 0 aliphatic carbocycles. The first-order valence-corrected chi connectivity index (χ1v) is 6.02. The van der Waals surface area contributed by atoms with Gasteiger partial charge in [0.05, 0.1) is 11.8 Å². The largest absolute Gasteiger partial charge is 0.477 e. The molecule has 0 spiro atoms. The first-order chi connectivity index (χ1) is 9.54. The SMILES string of the molecule is N#CCn1c(-c2ccc(Cl)cc2)ccc(C(=O)O)c1=O. The zero-order chi connectivity index (χ0) is 14.7. The molecule has 20 heavy (non-hydrogen) atoms. The van der Waals surface area contributed by atoms with E-state index in [4.69, 9.17) is 22.0 Å². The molecule has 0 aliphatic heterocycles. The molecule has 0 unspecified atom stereocenters. The lowest BCUT2D eigenvalue weighted by molar-refractivity contribution is 0.0694. The Morgan fingerprint density at radius 2 is 1.90 bits per heavy atom. The smallest absolute Gasteiger partial charge is 0.341 e. The Balaban J connectivity index is 2.68. The fourth-order valence-electron chi connectivity index (χ4n) is 1.84. The lowest BCUT2D eigenvalue weighted by Gasteiger charge is -2.11. The molecule has 5 nitrogen and oxygen atoms in total. The molecule has 1 aromatic carbocycles. The van der Waals surface area contributed by atoms with Crippen molar-refractivity contribution in [3.05, 3.63) is 57.3 Å². The van der Waals surface area contributed by atoms with Crippen LogP contribution in [0.5, 0.6) is 0 Å². The third kappa shape index (κ3) is 2.56. The molecule has 1 heterocycles. The summed E-state index contributed by atoms with van der Waals surface area (Å²) in [4.78, 5) is 23.0. The van der Waals surface area contributed by atoms with Gasteiger partial charge in [-0.05, 0) is 29.8 Å². The number of carbonyl (C=O) groups is 1. The van der Waals surface area contributed by atoms with Crippen LogP contribution in [0.3, 0.4) is 0 Å². The number of halogens is 1. The third-order valence-electron chi connectivity index (χ3n) is 2.77. The maximum atomic E-state index is 12.1. The molecule has 100 valence electrons. The lowest BCUT2D eigenvalue weighted by atomic mass is 10.1. The molecular formula is C14H9ClN2O3. The second-order valence-electron chi connectivity index (χ2n) is 3.99. The minimum absolute atomic E-state index is 0.224. The van der Waals surface area contributed by atoms with Gasteiger partial charge in [0.2, 0.25) is 0 Å². The van der Waals surface area contributed by atoms with Gasteiger partial charge < -0.3 is 5.11 Å². The molecule has 2 aromatic rings. The topological polar surface area (TPSA) is 83.1 Å². The van der Waals surface area contributed by atoms with Gasteiger partial charge in [0.25, 0.3) is 5.56 Å². The van der Waals surface area contributed by atoms with E-state index in [1.54, 1.807) is 24.3 Å². The molecule has 0 saturated heterocycles. The Kier molecular flexibility index (Phi) is 3.87. The van der Waals surface area contributed by atoms with E-state index in [1.807, 2.05) is 6.07 Å². The number of hydrogen-bond acceptors (Lipinski definition) is 3. The summed E-state index contributed by atoms with van der Waals surface area (Å²) in [5, 5.41) is 18.3. The van der Waals surface area contributed by atoms with Gasteiger partial charge in [0.15, 0.2) is 0 Å². The summed E-state index contributed by atoms with van der Waals surface area (Å²) in [6, 6.07) is 11.3. The van der Waals surface area contributed by atoms with Crippen LogP contribution < -0.4 is 5.56 Å². The van der Waals surface area contributed by atoms with Crippen LogP contribution in [0.15, 0.2) is 41.2 Å². The van der Waals surface area contributed by atoms with Crippen molar-refractivity contribution >= 4 is 17.6 Å². The van der Waals surface area contributed by atoms with Crippen LogP contribution in [0, 0.1) is 11.3 Å². The van der Waals surface area contributed by atoms with Crippen LogP contribution in [0.2, 0.25) is 5.02 Å². The monoisotopic (exact) mass is 288 g/mol. The molecule has 2 rings (SSSR count). The van der Waals surface area contributed by atoms with E-state index in [9.17, 15) is 9.59 Å². The molecule has 0 radical (unpaired) electrons. The molecule has 6 heteroatoms. The zero-order valence-corrected chi connectivity index (χ0v) is 11.0. The Labute approximate surface area is 119 Å². The summed E-state index contributed by atoms with van der Waals surface area (Å²) < 4.78 is 1.13. The van der Waals surface area contributed by atoms with Gasteiger partial charge in [-0.25, -0.2) is 4.79 Å². The maximum Gasteiger partial charge on any atom is 0.341 e. The fourth-order valence-corrected chi connectivity index (χ4v) is 1.97. The van der Waals surface area contributed by atoms with E-state index in [2.05, 4.69) is 0 Å². The van der Waals surface area contributed by atoms with Crippen LogP contribution in [0.4, 0.5) is 0 Å². The Bertz CT molecular complexity index is 757. The number of rotatable bonds is 3. The van der Waals surface area contributed by atoms with E-state index in [0.717, 1.165) is 4.57 Å². The van der Waals surface area contributed by atoms with Crippen LogP contribution in [-0.2, 0) is 6.54 Å². The van der Waals surface area contributed by atoms with Crippen molar-refractivity contribution in [1.29, 1.82) is 5.26 Å². The highest BCUT2D eigenvalue weighted by Gasteiger charge is 2.14. The van der Waals surface area contributed by atoms with Crippen molar-refractivity contribution in [2.75, 3.05) is 0 Å². The molecule has 0 atom stereocenters. The van der Waals surface area contributed by atoms with Crippen molar-refractivity contribution in [3.8, 4) is 17.3 Å². The molecule has 0 amide bonds. The number of pyridine rings is 1. The van der Waals surface area contributed by atoms with Gasteiger partial charge >= 0.3 is 5.97 Å². The quantitative estimate of drug-likeness (QED) is 0.940.